The number of aromatic amines is 1. The van der Waals surface area contributed by atoms with Crippen molar-refractivity contribution in [2.24, 2.45) is 0 Å². The lowest BCUT2D eigenvalue weighted by Gasteiger charge is -2.12. The first-order valence-electron chi connectivity index (χ1n) is 8.59. The number of nitrogens with zero attached hydrogens (tertiary/aromatic N) is 4. The van der Waals surface area contributed by atoms with Crippen LogP contribution in [0.15, 0.2) is 47.0 Å². The first-order chi connectivity index (χ1) is 14.3. The number of fused-ring (bicyclic) bond motifs is 1. The highest BCUT2D eigenvalue weighted by Crippen LogP contribution is 2.30. The van der Waals surface area contributed by atoms with E-state index in [0.29, 0.717) is 11.0 Å². The number of carbonyl (C=O) groups excluding carboxylic acids is 1. The fourth-order valence-corrected chi connectivity index (χ4v) is 2.71. The molecule has 0 saturated carbocycles. The minimum atomic E-state index is -4.46. The third-order valence-corrected chi connectivity index (χ3v) is 4.29. The highest BCUT2D eigenvalue weighted by molar-refractivity contribution is 5.97. The molecule has 0 aliphatic carbocycles. The van der Waals surface area contributed by atoms with Gasteiger partial charge in [0.1, 0.15) is 11.6 Å². The molecule has 154 valence electrons. The van der Waals surface area contributed by atoms with Crippen LogP contribution in [0.1, 0.15) is 27.9 Å². The maximum atomic E-state index is 12.7. The molecule has 1 amide bonds. The average molecular weight is 418 g/mol. The zero-order valence-electron chi connectivity index (χ0n) is 15.0. The molecule has 4 aromatic rings. The maximum Gasteiger partial charge on any atom is 0.416 e. The Morgan fingerprint density at radius 3 is 2.67 bits per heavy atom. The van der Waals surface area contributed by atoms with E-state index in [1.165, 1.54) is 18.2 Å². The molecule has 0 spiro atoms. The SMILES string of the molecule is O=C(NC(CO)c1nc(-c2ccc(C(F)(F)F)cc2)no1)c1ccc2[nH]nnc2c1. The van der Waals surface area contributed by atoms with E-state index in [0.717, 1.165) is 12.1 Å². The number of hydrogen-bond donors (Lipinski definition) is 3. The largest absolute Gasteiger partial charge is 0.416 e. The van der Waals surface area contributed by atoms with E-state index in [9.17, 15) is 23.1 Å². The van der Waals surface area contributed by atoms with E-state index < -0.39 is 30.3 Å². The molecule has 1 atom stereocenters. The standard InChI is InChI=1S/C18H13F3N6O3/c19-18(20,21)11-4-1-9(2-5-11)15-23-17(30-26-15)14(8-28)22-16(29)10-3-6-12-13(7-10)25-27-24-12/h1-7,14,28H,8H2,(H,22,29)(H,24,25,27). The fourth-order valence-electron chi connectivity index (χ4n) is 2.71. The quantitative estimate of drug-likeness (QED) is 0.454. The van der Waals surface area contributed by atoms with Gasteiger partial charge in [-0.1, -0.05) is 22.5 Å². The number of H-pyrrole nitrogens is 1. The summed E-state index contributed by atoms with van der Waals surface area (Å²) in [4.78, 5) is 16.6. The van der Waals surface area contributed by atoms with Crippen molar-refractivity contribution in [2.75, 3.05) is 6.61 Å². The number of hydrogen-bond acceptors (Lipinski definition) is 7. The minimum absolute atomic E-state index is 0.0236. The van der Waals surface area contributed by atoms with Crippen LogP contribution in [0.5, 0.6) is 0 Å². The van der Waals surface area contributed by atoms with Gasteiger partial charge in [0, 0.05) is 11.1 Å². The van der Waals surface area contributed by atoms with E-state index in [-0.39, 0.29) is 22.8 Å². The van der Waals surface area contributed by atoms with Gasteiger partial charge in [0.15, 0.2) is 0 Å². The van der Waals surface area contributed by atoms with Crippen LogP contribution in [0.4, 0.5) is 13.2 Å². The number of nitrogens with one attached hydrogen (secondary N) is 2. The molecule has 0 fully saturated rings. The Morgan fingerprint density at radius 1 is 1.20 bits per heavy atom. The molecule has 30 heavy (non-hydrogen) atoms. The molecular weight excluding hydrogens is 405 g/mol. The molecule has 0 aliphatic heterocycles. The van der Waals surface area contributed by atoms with E-state index in [4.69, 9.17) is 4.52 Å². The number of aromatic nitrogens is 5. The van der Waals surface area contributed by atoms with Crippen LogP contribution in [0, 0.1) is 0 Å². The van der Waals surface area contributed by atoms with Crippen LogP contribution < -0.4 is 5.32 Å². The molecule has 9 nitrogen and oxygen atoms in total. The molecule has 0 saturated heterocycles. The smallest absolute Gasteiger partial charge is 0.394 e. The zero-order valence-corrected chi connectivity index (χ0v) is 15.0. The van der Waals surface area contributed by atoms with Crippen molar-refractivity contribution in [3.63, 3.8) is 0 Å². The van der Waals surface area contributed by atoms with Gasteiger partial charge in [-0.25, -0.2) is 0 Å². The lowest BCUT2D eigenvalue weighted by atomic mass is 10.1. The maximum absolute atomic E-state index is 12.7. The number of carbonyl (C=O) groups is 1. The molecule has 2 aromatic heterocycles. The summed E-state index contributed by atoms with van der Waals surface area (Å²) in [5, 5.41) is 26.0. The summed E-state index contributed by atoms with van der Waals surface area (Å²) in [5.74, 6) is -0.591. The molecule has 0 aliphatic rings. The number of aliphatic hydroxyl groups excluding tert-OH is 1. The van der Waals surface area contributed by atoms with Gasteiger partial charge in [-0.3, -0.25) is 9.89 Å². The third kappa shape index (κ3) is 3.85. The molecule has 0 bridgehead atoms. The van der Waals surface area contributed by atoms with Crippen LogP contribution in [0.2, 0.25) is 0 Å². The fraction of sp³-hybridized carbons (Fsp3) is 0.167. The van der Waals surface area contributed by atoms with E-state index in [2.05, 4.69) is 30.9 Å². The predicted molar refractivity (Wildman–Crippen MR) is 95.9 cm³/mol. The van der Waals surface area contributed by atoms with E-state index in [1.807, 2.05) is 0 Å². The van der Waals surface area contributed by atoms with Crippen LogP contribution in [-0.4, -0.2) is 43.2 Å². The van der Waals surface area contributed by atoms with Crippen molar-refractivity contribution < 1.29 is 27.6 Å². The summed E-state index contributed by atoms with van der Waals surface area (Å²) < 4.78 is 43.1. The van der Waals surface area contributed by atoms with Crippen molar-refractivity contribution >= 4 is 16.9 Å². The second-order valence-corrected chi connectivity index (χ2v) is 6.28. The van der Waals surface area contributed by atoms with Gasteiger partial charge in [0.05, 0.1) is 17.7 Å². The van der Waals surface area contributed by atoms with Gasteiger partial charge < -0.3 is 14.9 Å². The van der Waals surface area contributed by atoms with Gasteiger partial charge in [-0.2, -0.15) is 18.2 Å². The Labute approximate surface area is 165 Å². The van der Waals surface area contributed by atoms with Crippen molar-refractivity contribution in [3.05, 3.63) is 59.5 Å². The number of aliphatic hydroxyl groups is 1. The lowest BCUT2D eigenvalue weighted by molar-refractivity contribution is -0.137. The Bertz CT molecular complexity index is 1190. The number of halogens is 3. The van der Waals surface area contributed by atoms with Crippen molar-refractivity contribution in [3.8, 4) is 11.4 Å². The molecule has 2 aromatic carbocycles. The molecule has 12 heteroatoms. The van der Waals surface area contributed by atoms with E-state index >= 15 is 0 Å². The van der Waals surface area contributed by atoms with Crippen LogP contribution >= 0.6 is 0 Å². The Balaban J connectivity index is 1.51. The number of rotatable bonds is 5. The summed E-state index contributed by atoms with van der Waals surface area (Å²) in [6, 6.07) is 7.90. The van der Waals surface area contributed by atoms with Crippen molar-refractivity contribution in [1.82, 2.24) is 30.9 Å². The minimum Gasteiger partial charge on any atom is -0.394 e. The van der Waals surface area contributed by atoms with Gasteiger partial charge in [0.2, 0.25) is 5.82 Å². The lowest BCUT2D eigenvalue weighted by Crippen LogP contribution is -2.31. The average Bonchev–Trinajstić information content (AvgIpc) is 3.40. The summed E-state index contributed by atoms with van der Waals surface area (Å²) in [6.07, 6.45) is -4.46. The van der Waals surface area contributed by atoms with Gasteiger partial charge in [-0.15, -0.1) is 5.10 Å². The Kier molecular flexibility index (Phi) is 4.91. The van der Waals surface area contributed by atoms with Crippen molar-refractivity contribution in [2.45, 2.75) is 12.2 Å². The van der Waals surface area contributed by atoms with Gasteiger partial charge in [-0.05, 0) is 30.3 Å². The molecule has 4 rings (SSSR count). The topological polar surface area (TPSA) is 130 Å². The summed E-state index contributed by atoms with van der Waals surface area (Å²) in [6.45, 7) is -0.535. The van der Waals surface area contributed by atoms with Crippen LogP contribution in [-0.2, 0) is 6.18 Å². The highest BCUT2D eigenvalue weighted by atomic mass is 19.4. The van der Waals surface area contributed by atoms with Crippen molar-refractivity contribution in [1.29, 1.82) is 0 Å². The number of amides is 1. The third-order valence-electron chi connectivity index (χ3n) is 4.29. The summed E-state index contributed by atoms with van der Waals surface area (Å²) in [5.41, 5.74) is 0.906. The number of benzene rings is 2. The second kappa shape index (κ2) is 7.55. The van der Waals surface area contributed by atoms with Crippen LogP contribution in [0.3, 0.4) is 0 Å². The highest BCUT2D eigenvalue weighted by Gasteiger charge is 2.30. The second-order valence-electron chi connectivity index (χ2n) is 6.28. The number of alkyl halides is 3. The van der Waals surface area contributed by atoms with Gasteiger partial charge in [0.25, 0.3) is 11.8 Å². The van der Waals surface area contributed by atoms with E-state index in [1.54, 1.807) is 12.1 Å². The molecule has 0 radical (unpaired) electrons. The first kappa shape index (κ1) is 19.5. The summed E-state index contributed by atoms with van der Waals surface area (Å²) in [7, 11) is 0. The monoisotopic (exact) mass is 418 g/mol. The normalized spacial score (nSPS) is 12.8. The molecule has 2 heterocycles. The Hall–Kier alpha value is -3.80. The van der Waals surface area contributed by atoms with Gasteiger partial charge >= 0.3 is 6.18 Å². The predicted octanol–water partition coefficient (Wildman–Crippen LogP) is 2.49. The molecule has 1 unspecified atom stereocenters. The zero-order chi connectivity index (χ0) is 21.3. The summed E-state index contributed by atoms with van der Waals surface area (Å²) >= 11 is 0. The Morgan fingerprint density at radius 2 is 1.97 bits per heavy atom. The molecule has 3 N–H and O–H groups in total. The molecular formula is C18H13F3N6O3. The first-order valence-corrected chi connectivity index (χ1v) is 8.59. The van der Waals surface area contributed by atoms with Crippen LogP contribution in [0.25, 0.3) is 22.4 Å².